The molecule has 0 amide bonds. The van der Waals surface area contributed by atoms with Crippen molar-refractivity contribution in [3.8, 4) is 0 Å². The second kappa shape index (κ2) is 66.3. The van der Waals surface area contributed by atoms with Gasteiger partial charge in [0.15, 0.2) is 12.2 Å². The molecule has 0 saturated heterocycles. The Morgan fingerprint density at radius 3 is 0.739 bits per heavy atom. The number of esters is 4. The molecule has 0 aromatic rings. The smallest absolute Gasteiger partial charge is 0.462 e. The molecule has 0 aromatic carbocycles. The molecular formula is C73H142O17P2. The van der Waals surface area contributed by atoms with E-state index < -0.39 is 97.5 Å². The van der Waals surface area contributed by atoms with Gasteiger partial charge in [-0.15, -0.1) is 0 Å². The average Bonchev–Trinajstić information content (AvgIpc) is 1.84. The molecule has 92 heavy (non-hydrogen) atoms. The van der Waals surface area contributed by atoms with Crippen molar-refractivity contribution >= 4 is 39.5 Å². The lowest BCUT2D eigenvalue weighted by Crippen LogP contribution is -2.30. The van der Waals surface area contributed by atoms with Crippen LogP contribution in [0.3, 0.4) is 0 Å². The summed E-state index contributed by atoms with van der Waals surface area (Å²) in [7, 11) is -9.90. The fraction of sp³-hybridized carbons (Fsp3) is 0.945. The van der Waals surface area contributed by atoms with Gasteiger partial charge in [0.2, 0.25) is 0 Å². The van der Waals surface area contributed by atoms with Gasteiger partial charge < -0.3 is 33.8 Å². The Balaban J connectivity index is 5.20. The minimum Gasteiger partial charge on any atom is -0.462 e. The van der Waals surface area contributed by atoms with E-state index in [4.69, 9.17) is 37.0 Å². The van der Waals surface area contributed by atoms with Crippen LogP contribution in [-0.2, 0) is 65.4 Å². The van der Waals surface area contributed by atoms with Gasteiger partial charge in [-0.25, -0.2) is 9.13 Å². The summed E-state index contributed by atoms with van der Waals surface area (Å²) < 4.78 is 68.3. The summed E-state index contributed by atoms with van der Waals surface area (Å²) in [6.45, 7) is 7.21. The highest BCUT2D eigenvalue weighted by Gasteiger charge is 2.30. The molecule has 0 bridgehead atoms. The van der Waals surface area contributed by atoms with Crippen LogP contribution in [0.25, 0.3) is 0 Å². The number of aliphatic hydroxyl groups excluding tert-OH is 1. The first-order chi connectivity index (χ1) is 44.5. The molecule has 0 saturated carbocycles. The van der Waals surface area contributed by atoms with E-state index in [1.807, 2.05) is 0 Å². The number of hydrogen-bond acceptors (Lipinski definition) is 15. The lowest BCUT2D eigenvalue weighted by Gasteiger charge is -2.21. The van der Waals surface area contributed by atoms with Crippen LogP contribution in [0.15, 0.2) is 0 Å². The van der Waals surface area contributed by atoms with Gasteiger partial charge in [-0.3, -0.25) is 37.3 Å². The van der Waals surface area contributed by atoms with E-state index in [0.29, 0.717) is 25.7 Å². The highest BCUT2D eigenvalue weighted by molar-refractivity contribution is 7.47. The van der Waals surface area contributed by atoms with Crippen LogP contribution in [0.5, 0.6) is 0 Å². The number of carbonyl (C=O) groups is 4. The Kier molecular flexibility index (Phi) is 64.9. The van der Waals surface area contributed by atoms with Gasteiger partial charge in [-0.05, 0) is 31.6 Å². The van der Waals surface area contributed by atoms with Crippen LogP contribution >= 0.6 is 15.6 Å². The van der Waals surface area contributed by atoms with E-state index in [0.717, 1.165) is 95.8 Å². The summed E-state index contributed by atoms with van der Waals surface area (Å²) >= 11 is 0. The number of aliphatic hydroxyl groups is 1. The highest BCUT2D eigenvalue weighted by Crippen LogP contribution is 2.45. The molecule has 546 valence electrons. The van der Waals surface area contributed by atoms with E-state index in [2.05, 4.69) is 34.6 Å². The maximum absolute atomic E-state index is 13.1. The molecule has 0 rings (SSSR count). The van der Waals surface area contributed by atoms with Crippen LogP contribution in [0.1, 0.15) is 381 Å². The second-order valence-corrected chi connectivity index (χ2v) is 29.7. The quantitative estimate of drug-likeness (QED) is 0.0222. The Bertz CT molecular complexity index is 1770. The summed E-state index contributed by atoms with van der Waals surface area (Å²) in [6, 6.07) is 0. The largest absolute Gasteiger partial charge is 0.472 e. The second-order valence-electron chi connectivity index (χ2n) is 26.8. The van der Waals surface area contributed by atoms with Gasteiger partial charge in [0, 0.05) is 25.7 Å². The molecule has 0 aromatic heterocycles. The van der Waals surface area contributed by atoms with Gasteiger partial charge in [0.25, 0.3) is 0 Å². The highest BCUT2D eigenvalue weighted by atomic mass is 31.2. The summed E-state index contributed by atoms with van der Waals surface area (Å²) in [5.41, 5.74) is 0. The van der Waals surface area contributed by atoms with Crippen molar-refractivity contribution < 1.29 is 80.2 Å². The van der Waals surface area contributed by atoms with Crippen LogP contribution < -0.4 is 0 Å². The molecule has 0 radical (unpaired) electrons. The zero-order valence-corrected chi connectivity index (χ0v) is 61.5. The molecule has 0 heterocycles. The minimum atomic E-state index is -4.95. The SMILES string of the molecule is CCCCCCCCCCCCCCCCCCCCCC(=O)O[C@H](COC(=O)CCCCCCCCCCCCCCC)COP(=O)(O)OC[C@@H](O)COP(=O)(O)OC[C@@H](COC(=O)CCCCCCCCCCC)OC(=O)CCCCCCCCCCC(C)C. The standard InChI is InChI=1S/C73H142O17P2/c1-6-9-12-15-18-21-23-25-26-27-28-29-30-32-34-37-43-48-53-58-72(77)89-68(63-84-71(76)57-52-47-42-36-33-31-24-22-19-16-13-10-7-2)64-87-91(79,80)85-60-67(74)61-86-92(81,82)88-65-69(62-83-70(75)56-51-46-41-35-20-17-14-11-8-3)90-73(78)59-54-49-44-39-38-40-45-50-55-66(4)5/h66-69,74H,6-65H2,1-5H3,(H,79,80)(H,81,82)/t67-,68-,69-/m1/s1. The van der Waals surface area contributed by atoms with Gasteiger partial charge in [0.05, 0.1) is 26.4 Å². The predicted molar refractivity (Wildman–Crippen MR) is 372 cm³/mol. The summed E-state index contributed by atoms with van der Waals surface area (Å²) in [4.78, 5) is 72.6. The molecule has 0 aliphatic heterocycles. The first kappa shape index (κ1) is 90.1. The van der Waals surface area contributed by atoms with E-state index >= 15 is 0 Å². The molecular weight excluding hydrogens is 1210 g/mol. The number of unbranched alkanes of at least 4 members (excludes halogenated alkanes) is 45. The maximum atomic E-state index is 13.1. The molecule has 0 spiro atoms. The molecule has 2 unspecified atom stereocenters. The average molecular weight is 1350 g/mol. The van der Waals surface area contributed by atoms with E-state index in [1.165, 1.54) is 205 Å². The molecule has 0 aliphatic carbocycles. The zero-order valence-electron chi connectivity index (χ0n) is 59.7. The first-order valence-electron chi connectivity index (χ1n) is 38.1. The number of ether oxygens (including phenoxy) is 4. The Morgan fingerprint density at radius 2 is 0.500 bits per heavy atom. The number of phosphoric ester groups is 2. The van der Waals surface area contributed by atoms with Crippen molar-refractivity contribution in [1.82, 2.24) is 0 Å². The molecule has 17 nitrogen and oxygen atoms in total. The number of carbonyl (C=O) groups excluding carboxylic acids is 4. The van der Waals surface area contributed by atoms with Crippen molar-refractivity contribution in [2.75, 3.05) is 39.6 Å². The van der Waals surface area contributed by atoms with Gasteiger partial charge in [0.1, 0.15) is 19.3 Å². The topological polar surface area (TPSA) is 237 Å². The third-order valence-electron chi connectivity index (χ3n) is 17.0. The van der Waals surface area contributed by atoms with Crippen LogP contribution in [0, 0.1) is 5.92 Å². The van der Waals surface area contributed by atoms with Crippen LogP contribution in [0.4, 0.5) is 0 Å². The zero-order chi connectivity index (χ0) is 67.7. The lowest BCUT2D eigenvalue weighted by molar-refractivity contribution is -0.161. The van der Waals surface area contributed by atoms with Gasteiger partial charge in [-0.1, -0.05) is 330 Å². The number of hydrogen-bond donors (Lipinski definition) is 3. The molecule has 0 fully saturated rings. The Labute approximate surface area is 562 Å². The molecule has 3 N–H and O–H groups in total. The number of rotatable bonds is 73. The minimum absolute atomic E-state index is 0.105. The predicted octanol–water partition coefficient (Wildman–Crippen LogP) is 21.3. The van der Waals surface area contributed by atoms with Crippen LogP contribution in [-0.4, -0.2) is 96.7 Å². The van der Waals surface area contributed by atoms with Crippen LogP contribution in [0.2, 0.25) is 0 Å². The summed E-state index contributed by atoms with van der Waals surface area (Å²) in [5.74, 6) is -1.40. The summed E-state index contributed by atoms with van der Waals surface area (Å²) in [5, 5.41) is 10.6. The van der Waals surface area contributed by atoms with E-state index in [9.17, 15) is 43.2 Å². The lowest BCUT2D eigenvalue weighted by atomic mass is 10.0. The third kappa shape index (κ3) is 66.7. The number of phosphoric acid groups is 2. The van der Waals surface area contributed by atoms with E-state index in [-0.39, 0.29) is 25.7 Å². The monoisotopic (exact) mass is 1350 g/mol. The maximum Gasteiger partial charge on any atom is 0.472 e. The fourth-order valence-electron chi connectivity index (χ4n) is 11.2. The van der Waals surface area contributed by atoms with E-state index in [1.54, 1.807) is 0 Å². The molecule has 19 heteroatoms. The van der Waals surface area contributed by atoms with Crippen molar-refractivity contribution in [2.45, 2.75) is 400 Å². The molecule has 5 atom stereocenters. The van der Waals surface area contributed by atoms with Crippen molar-refractivity contribution in [3.05, 3.63) is 0 Å². The van der Waals surface area contributed by atoms with Gasteiger partial charge in [-0.2, -0.15) is 0 Å². The van der Waals surface area contributed by atoms with Gasteiger partial charge >= 0.3 is 39.5 Å². The normalized spacial score (nSPS) is 14.0. The third-order valence-corrected chi connectivity index (χ3v) is 18.9. The summed E-state index contributed by atoms with van der Waals surface area (Å²) in [6.07, 6.45) is 54.2. The van der Waals surface area contributed by atoms with Crippen molar-refractivity contribution in [3.63, 3.8) is 0 Å². The fourth-order valence-corrected chi connectivity index (χ4v) is 12.8. The molecule has 0 aliphatic rings. The van der Waals surface area contributed by atoms with Crippen molar-refractivity contribution in [1.29, 1.82) is 0 Å². The Hall–Kier alpha value is -1.94. The Morgan fingerprint density at radius 1 is 0.293 bits per heavy atom. The first-order valence-corrected chi connectivity index (χ1v) is 41.1. The van der Waals surface area contributed by atoms with Crippen molar-refractivity contribution in [2.24, 2.45) is 5.92 Å².